The third-order valence-corrected chi connectivity index (χ3v) is 5.38. The van der Waals surface area contributed by atoms with Gasteiger partial charge in [0.25, 0.3) is 0 Å². The summed E-state index contributed by atoms with van der Waals surface area (Å²) >= 11 is 0. The van der Waals surface area contributed by atoms with Gasteiger partial charge in [0.1, 0.15) is 0 Å². The van der Waals surface area contributed by atoms with Crippen LogP contribution < -0.4 is 5.32 Å². The summed E-state index contributed by atoms with van der Waals surface area (Å²) in [6.07, 6.45) is 11.9. The molecule has 86 valence electrons. The van der Waals surface area contributed by atoms with E-state index in [1.54, 1.807) is 12.8 Å². The number of fused-ring (bicyclic) bond motifs is 2. The molecule has 0 saturated heterocycles. The molecule has 0 aliphatic heterocycles. The predicted molar refractivity (Wildman–Crippen MR) is 63.8 cm³/mol. The maximum absolute atomic E-state index is 3.88. The third-order valence-electron chi connectivity index (χ3n) is 5.38. The molecular weight excluding hydrogens is 182 g/mol. The van der Waals surface area contributed by atoms with E-state index in [-0.39, 0.29) is 0 Å². The molecule has 0 aromatic rings. The molecule has 1 nitrogen and oxygen atoms in total. The molecule has 1 heteroatoms. The zero-order valence-electron chi connectivity index (χ0n) is 10.1. The Labute approximate surface area is 94.0 Å². The molecule has 2 bridgehead atoms. The quantitative estimate of drug-likeness (QED) is 0.748. The lowest BCUT2D eigenvalue weighted by molar-refractivity contribution is 0.269. The van der Waals surface area contributed by atoms with E-state index >= 15 is 0 Å². The van der Waals surface area contributed by atoms with Crippen molar-refractivity contribution in [1.29, 1.82) is 0 Å². The van der Waals surface area contributed by atoms with Crippen LogP contribution in [0.25, 0.3) is 0 Å². The summed E-state index contributed by atoms with van der Waals surface area (Å²) in [5, 5.41) is 3.88. The molecule has 3 rings (SSSR count). The van der Waals surface area contributed by atoms with Gasteiger partial charge >= 0.3 is 0 Å². The summed E-state index contributed by atoms with van der Waals surface area (Å²) in [6, 6.07) is 0. The van der Waals surface area contributed by atoms with Gasteiger partial charge in [-0.1, -0.05) is 19.3 Å². The molecular formula is C14H25N. The second kappa shape index (κ2) is 3.76. The normalized spacial score (nSPS) is 42.6. The van der Waals surface area contributed by atoms with E-state index in [9.17, 15) is 0 Å². The summed E-state index contributed by atoms with van der Waals surface area (Å²) in [6.45, 7) is 3.75. The molecule has 3 atom stereocenters. The third kappa shape index (κ3) is 1.95. The SMILES string of the molecule is CC1(NCC2CC3CCC2C3)CCCC1. The van der Waals surface area contributed by atoms with Crippen LogP contribution in [0.2, 0.25) is 0 Å². The topological polar surface area (TPSA) is 12.0 Å². The monoisotopic (exact) mass is 207 g/mol. The minimum Gasteiger partial charge on any atom is -0.311 e. The van der Waals surface area contributed by atoms with Crippen LogP contribution in [0.4, 0.5) is 0 Å². The molecule has 0 radical (unpaired) electrons. The van der Waals surface area contributed by atoms with Crippen molar-refractivity contribution >= 4 is 0 Å². The van der Waals surface area contributed by atoms with Crippen molar-refractivity contribution in [3.63, 3.8) is 0 Å². The zero-order valence-corrected chi connectivity index (χ0v) is 10.1. The summed E-state index contributed by atoms with van der Waals surface area (Å²) < 4.78 is 0. The zero-order chi connectivity index (χ0) is 10.3. The van der Waals surface area contributed by atoms with Gasteiger partial charge in [-0.15, -0.1) is 0 Å². The van der Waals surface area contributed by atoms with Gasteiger partial charge in [0, 0.05) is 5.54 Å². The fourth-order valence-electron chi connectivity index (χ4n) is 4.34. The van der Waals surface area contributed by atoms with Crippen LogP contribution >= 0.6 is 0 Å². The molecule has 1 N–H and O–H groups in total. The van der Waals surface area contributed by atoms with E-state index in [0.29, 0.717) is 5.54 Å². The van der Waals surface area contributed by atoms with E-state index in [4.69, 9.17) is 0 Å². The first-order chi connectivity index (χ1) is 7.25. The van der Waals surface area contributed by atoms with E-state index < -0.39 is 0 Å². The summed E-state index contributed by atoms with van der Waals surface area (Å²) in [4.78, 5) is 0. The molecule has 3 fully saturated rings. The first kappa shape index (κ1) is 10.1. The van der Waals surface area contributed by atoms with Crippen LogP contribution in [-0.2, 0) is 0 Å². The number of nitrogens with one attached hydrogen (secondary N) is 1. The molecule has 3 unspecified atom stereocenters. The van der Waals surface area contributed by atoms with Gasteiger partial charge in [-0.2, -0.15) is 0 Å². The van der Waals surface area contributed by atoms with E-state index in [2.05, 4.69) is 12.2 Å². The first-order valence-electron chi connectivity index (χ1n) is 7.00. The van der Waals surface area contributed by atoms with Crippen LogP contribution in [0.3, 0.4) is 0 Å². The van der Waals surface area contributed by atoms with Crippen LogP contribution in [0.5, 0.6) is 0 Å². The van der Waals surface area contributed by atoms with E-state index in [1.165, 1.54) is 45.1 Å². The number of rotatable bonds is 3. The van der Waals surface area contributed by atoms with Crippen molar-refractivity contribution in [2.75, 3.05) is 6.54 Å². The Morgan fingerprint density at radius 2 is 1.93 bits per heavy atom. The maximum Gasteiger partial charge on any atom is 0.0153 e. The minimum absolute atomic E-state index is 0.502. The highest BCUT2D eigenvalue weighted by Gasteiger charge is 2.40. The van der Waals surface area contributed by atoms with Gasteiger partial charge in [0.05, 0.1) is 0 Å². The highest BCUT2D eigenvalue weighted by atomic mass is 15.0. The number of hydrogen-bond donors (Lipinski definition) is 1. The lowest BCUT2D eigenvalue weighted by Gasteiger charge is -2.30. The van der Waals surface area contributed by atoms with Gasteiger partial charge in [0.15, 0.2) is 0 Å². The Morgan fingerprint density at radius 3 is 2.53 bits per heavy atom. The molecule has 0 spiro atoms. The average Bonchev–Trinajstić information content (AvgIpc) is 2.90. The maximum atomic E-state index is 3.88. The largest absolute Gasteiger partial charge is 0.311 e. The number of hydrogen-bond acceptors (Lipinski definition) is 1. The second-order valence-electron chi connectivity index (χ2n) is 6.58. The van der Waals surface area contributed by atoms with Gasteiger partial charge in [-0.05, 0) is 63.3 Å². The molecule has 3 aliphatic rings. The van der Waals surface area contributed by atoms with Crippen molar-refractivity contribution in [2.24, 2.45) is 17.8 Å². The summed E-state index contributed by atoms with van der Waals surface area (Å²) in [7, 11) is 0. The highest BCUT2D eigenvalue weighted by molar-refractivity contribution is 4.94. The Bertz CT molecular complexity index is 229. The molecule has 0 aromatic heterocycles. The molecule has 0 heterocycles. The van der Waals surface area contributed by atoms with Crippen LogP contribution in [0.1, 0.15) is 58.3 Å². The Hall–Kier alpha value is -0.0400. The van der Waals surface area contributed by atoms with E-state index in [0.717, 1.165) is 17.8 Å². The first-order valence-corrected chi connectivity index (χ1v) is 7.00. The standard InChI is InChI=1S/C14H25N/c1-14(6-2-3-7-14)15-10-13-9-11-4-5-12(13)8-11/h11-13,15H,2-10H2,1H3. The van der Waals surface area contributed by atoms with Gasteiger partial charge in [-0.3, -0.25) is 0 Å². The van der Waals surface area contributed by atoms with E-state index in [1.807, 2.05) is 0 Å². The Kier molecular flexibility index (Phi) is 2.54. The van der Waals surface area contributed by atoms with Crippen molar-refractivity contribution in [1.82, 2.24) is 5.32 Å². The van der Waals surface area contributed by atoms with Gasteiger partial charge in [0.2, 0.25) is 0 Å². The molecule has 3 saturated carbocycles. The van der Waals surface area contributed by atoms with Crippen LogP contribution in [0, 0.1) is 17.8 Å². The lowest BCUT2D eigenvalue weighted by atomic mass is 9.88. The smallest absolute Gasteiger partial charge is 0.0153 e. The summed E-state index contributed by atoms with van der Waals surface area (Å²) in [5.74, 6) is 3.23. The fraction of sp³-hybridized carbons (Fsp3) is 1.00. The van der Waals surface area contributed by atoms with Crippen molar-refractivity contribution in [2.45, 2.75) is 63.8 Å². The molecule has 3 aliphatic carbocycles. The second-order valence-corrected chi connectivity index (χ2v) is 6.58. The highest BCUT2D eigenvalue weighted by Crippen LogP contribution is 2.48. The molecule has 0 aromatic carbocycles. The molecule has 0 amide bonds. The van der Waals surface area contributed by atoms with Gasteiger partial charge in [-0.25, -0.2) is 0 Å². The van der Waals surface area contributed by atoms with Gasteiger partial charge < -0.3 is 5.32 Å². The lowest BCUT2D eigenvalue weighted by Crippen LogP contribution is -2.43. The molecule has 15 heavy (non-hydrogen) atoms. The van der Waals surface area contributed by atoms with Crippen molar-refractivity contribution < 1.29 is 0 Å². The van der Waals surface area contributed by atoms with Crippen molar-refractivity contribution in [3.8, 4) is 0 Å². The minimum atomic E-state index is 0.502. The Balaban J connectivity index is 1.50. The van der Waals surface area contributed by atoms with Crippen LogP contribution in [0.15, 0.2) is 0 Å². The fourth-order valence-corrected chi connectivity index (χ4v) is 4.34. The van der Waals surface area contributed by atoms with Crippen molar-refractivity contribution in [3.05, 3.63) is 0 Å². The average molecular weight is 207 g/mol. The predicted octanol–water partition coefficient (Wildman–Crippen LogP) is 3.34. The van der Waals surface area contributed by atoms with Crippen LogP contribution in [-0.4, -0.2) is 12.1 Å². The summed E-state index contributed by atoms with van der Waals surface area (Å²) in [5.41, 5.74) is 0.502. The Morgan fingerprint density at radius 1 is 1.13 bits per heavy atom.